The molecule has 0 saturated carbocycles. The van der Waals surface area contributed by atoms with Crippen LogP contribution in [0.1, 0.15) is 37.0 Å². The van der Waals surface area contributed by atoms with Crippen LogP contribution >= 0.6 is 0 Å². The van der Waals surface area contributed by atoms with Crippen molar-refractivity contribution in [2.45, 2.75) is 27.2 Å². The molecule has 0 aliphatic rings. The smallest absolute Gasteiger partial charge is 0.0122 e. The fourth-order valence-corrected chi connectivity index (χ4v) is 2.16. The van der Waals surface area contributed by atoms with Crippen LogP contribution in [0.4, 0.5) is 0 Å². The number of rotatable bonds is 3. The van der Waals surface area contributed by atoms with E-state index in [0.29, 0.717) is 0 Å². The highest BCUT2D eigenvalue weighted by Crippen LogP contribution is 2.28. The SMILES string of the molecule is CC/C(C)=C(/c1ccccc1)c1ccc(C)cc1. The molecule has 0 N–H and O–H groups in total. The Labute approximate surface area is 110 Å². The fraction of sp³-hybridized carbons (Fsp3) is 0.222. The summed E-state index contributed by atoms with van der Waals surface area (Å²) in [5.74, 6) is 0. The van der Waals surface area contributed by atoms with E-state index in [1.54, 1.807) is 0 Å². The average Bonchev–Trinajstić information content (AvgIpc) is 2.42. The zero-order chi connectivity index (χ0) is 13.0. The molecule has 2 aromatic carbocycles. The summed E-state index contributed by atoms with van der Waals surface area (Å²) in [4.78, 5) is 0. The molecule has 0 fully saturated rings. The van der Waals surface area contributed by atoms with Crippen molar-refractivity contribution >= 4 is 5.57 Å². The molecular formula is C18H20. The zero-order valence-electron chi connectivity index (χ0n) is 11.4. The summed E-state index contributed by atoms with van der Waals surface area (Å²) >= 11 is 0. The largest absolute Gasteiger partial charge is 0.0651 e. The van der Waals surface area contributed by atoms with E-state index in [-0.39, 0.29) is 0 Å². The second-order valence-corrected chi connectivity index (χ2v) is 4.74. The van der Waals surface area contributed by atoms with Crippen molar-refractivity contribution in [3.05, 3.63) is 76.9 Å². The predicted molar refractivity (Wildman–Crippen MR) is 79.6 cm³/mol. The number of benzene rings is 2. The van der Waals surface area contributed by atoms with E-state index in [1.807, 2.05) is 0 Å². The van der Waals surface area contributed by atoms with Crippen molar-refractivity contribution in [3.8, 4) is 0 Å². The van der Waals surface area contributed by atoms with Gasteiger partial charge in [0, 0.05) is 0 Å². The standard InChI is InChI=1S/C18H20/c1-4-15(3)18(16-8-6-5-7-9-16)17-12-10-14(2)11-13-17/h5-13H,4H2,1-3H3/b18-15-. The Morgan fingerprint density at radius 1 is 0.833 bits per heavy atom. The lowest BCUT2D eigenvalue weighted by Gasteiger charge is -2.12. The first kappa shape index (κ1) is 12.6. The molecule has 2 rings (SSSR count). The number of aryl methyl sites for hydroxylation is 1. The molecule has 0 aliphatic heterocycles. The molecule has 92 valence electrons. The van der Waals surface area contributed by atoms with Gasteiger partial charge in [-0.3, -0.25) is 0 Å². The third kappa shape index (κ3) is 2.70. The van der Waals surface area contributed by atoms with Crippen LogP contribution in [0.2, 0.25) is 0 Å². The van der Waals surface area contributed by atoms with Crippen molar-refractivity contribution in [3.63, 3.8) is 0 Å². The van der Waals surface area contributed by atoms with Crippen molar-refractivity contribution in [2.24, 2.45) is 0 Å². The summed E-state index contributed by atoms with van der Waals surface area (Å²) < 4.78 is 0. The maximum absolute atomic E-state index is 2.22. The quantitative estimate of drug-likeness (QED) is 0.684. The molecule has 0 aliphatic carbocycles. The first-order chi connectivity index (χ1) is 8.72. The van der Waals surface area contributed by atoms with E-state index < -0.39 is 0 Å². The average molecular weight is 236 g/mol. The van der Waals surface area contributed by atoms with Crippen LogP contribution < -0.4 is 0 Å². The van der Waals surface area contributed by atoms with Gasteiger partial charge in [0.2, 0.25) is 0 Å². The Kier molecular flexibility index (Phi) is 3.99. The number of allylic oxidation sites excluding steroid dienone is 1. The van der Waals surface area contributed by atoms with Crippen LogP contribution in [0, 0.1) is 6.92 Å². The molecule has 0 amide bonds. The van der Waals surface area contributed by atoms with Crippen LogP contribution in [0.25, 0.3) is 5.57 Å². The summed E-state index contributed by atoms with van der Waals surface area (Å²) in [6.07, 6.45) is 1.08. The van der Waals surface area contributed by atoms with Gasteiger partial charge in [0.05, 0.1) is 0 Å². The molecule has 0 heterocycles. The van der Waals surface area contributed by atoms with Crippen LogP contribution in [0.3, 0.4) is 0 Å². The van der Waals surface area contributed by atoms with Crippen molar-refractivity contribution < 1.29 is 0 Å². The van der Waals surface area contributed by atoms with Gasteiger partial charge in [-0.1, -0.05) is 72.7 Å². The van der Waals surface area contributed by atoms with Gasteiger partial charge in [0.1, 0.15) is 0 Å². The Morgan fingerprint density at radius 3 is 1.94 bits per heavy atom. The molecule has 0 spiro atoms. The number of hydrogen-bond acceptors (Lipinski definition) is 0. The highest BCUT2D eigenvalue weighted by Gasteiger charge is 2.07. The van der Waals surface area contributed by atoms with E-state index >= 15 is 0 Å². The van der Waals surface area contributed by atoms with Gasteiger partial charge < -0.3 is 0 Å². The van der Waals surface area contributed by atoms with E-state index in [1.165, 1.54) is 27.8 Å². The lowest BCUT2D eigenvalue weighted by molar-refractivity contribution is 1.10. The monoisotopic (exact) mass is 236 g/mol. The molecule has 0 aromatic heterocycles. The summed E-state index contributed by atoms with van der Waals surface area (Å²) in [6, 6.07) is 19.5. The predicted octanol–water partition coefficient (Wildman–Crippen LogP) is 5.23. The van der Waals surface area contributed by atoms with Crippen LogP contribution in [-0.2, 0) is 0 Å². The van der Waals surface area contributed by atoms with Gasteiger partial charge in [-0.25, -0.2) is 0 Å². The Balaban J connectivity index is 2.55. The van der Waals surface area contributed by atoms with E-state index in [9.17, 15) is 0 Å². The molecule has 0 heteroatoms. The molecule has 0 saturated heterocycles. The summed E-state index contributed by atoms with van der Waals surface area (Å²) in [7, 11) is 0. The second kappa shape index (κ2) is 5.68. The Morgan fingerprint density at radius 2 is 1.39 bits per heavy atom. The highest BCUT2D eigenvalue weighted by molar-refractivity contribution is 5.81. The molecule has 0 nitrogen and oxygen atoms in total. The fourth-order valence-electron chi connectivity index (χ4n) is 2.16. The Bertz CT molecular complexity index is 530. The number of hydrogen-bond donors (Lipinski definition) is 0. The van der Waals surface area contributed by atoms with Crippen molar-refractivity contribution in [2.75, 3.05) is 0 Å². The molecule has 0 bridgehead atoms. The molecule has 0 radical (unpaired) electrons. The van der Waals surface area contributed by atoms with E-state index in [0.717, 1.165) is 6.42 Å². The van der Waals surface area contributed by atoms with E-state index in [2.05, 4.69) is 75.4 Å². The first-order valence-corrected chi connectivity index (χ1v) is 6.54. The maximum atomic E-state index is 2.22. The van der Waals surface area contributed by atoms with Gasteiger partial charge in [-0.05, 0) is 37.0 Å². The molecule has 18 heavy (non-hydrogen) atoms. The topological polar surface area (TPSA) is 0 Å². The van der Waals surface area contributed by atoms with Crippen LogP contribution in [0.5, 0.6) is 0 Å². The minimum absolute atomic E-state index is 1.08. The summed E-state index contributed by atoms with van der Waals surface area (Å²) in [6.45, 7) is 6.57. The van der Waals surface area contributed by atoms with Gasteiger partial charge in [0.25, 0.3) is 0 Å². The van der Waals surface area contributed by atoms with Gasteiger partial charge in [-0.15, -0.1) is 0 Å². The van der Waals surface area contributed by atoms with Gasteiger partial charge >= 0.3 is 0 Å². The first-order valence-electron chi connectivity index (χ1n) is 6.54. The lowest BCUT2D eigenvalue weighted by atomic mass is 9.92. The molecule has 0 atom stereocenters. The second-order valence-electron chi connectivity index (χ2n) is 4.74. The van der Waals surface area contributed by atoms with Crippen LogP contribution in [-0.4, -0.2) is 0 Å². The maximum Gasteiger partial charge on any atom is -0.0122 e. The third-order valence-corrected chi connectivity index (χ3v) is 3.36. The third-order valence-electron chi connectivity index (χ3n) is 3.36. The molecular weight excluding hydrogens is 216 g/mol. The summed E-state index contributed by atoms with van der Waals surface area (Å²) in [5.41, 5.74) is 6.73. The van der Waals surface area contributed by atoms with Gasteiger partial charge in [-0.2, -0.15) is 0 Å². The molecule has 0 unspecified atom stereocenters. The highest BCUT2D eigenvalue weighted by atomic mass is 14.1. The summed E-state index contributed by atoms with van der Waals surface area (Å²) in [5, 5.41) is 0. The zero-order valence-corrected chi connectivity index (χ0v) is 11.4. The lowest BCUT2D eigenvalue weighted by Crippen LogP contribution is -1.92. The Hall–Kier alpha value is -1.82. The minimum atomic E-state index is 1.08. The minimum Gasteiger partial charge on any atom is -0.0651 e. The normalized spacial score (nSPS) is 12.2. The van der Waals surface area contributed by atoms with Crippen LogP contribution in [0.15, 0.2) is 60.2 Å². The molecule has 2 aromatic rings. The van der Waals surface area contributed by atoms with E-state index in [4.69, 9.17) is 0 Å². The van der Waals surface area contributed by atoms with Crippen molar-refractivity contribution in [1.29, 1.82) is 0 Å². The van der Waals surface area contributed by atoms with Crippen molar-refractivity contribution in [1.82, 2.24) is 0 Å². The van der Waals surface area contributed by atoms with Gasteiger partial charge in [0.15, 0.2) is 0 Å².